The van der Waals surface area contributed by atoms with Crippen LogP contribution in [-0.2, 0) is 9.47 Å². The summed E-state index contributed by atoms with van der Waals surface area (Å²) in [5, 5.41) is 3.33. The van der Waals surface area contributed by atoms with Crippen LogP contribution in [0.25, 0.3) is 0 Å². The molecule has 52 heavy (non-hydrogen) atoms. The molecular formula is C48H84O2P2+2. The predicted molar refractivity (Wildman–Crippen MR) is 239 cm³/mol. The van der Waals surface area contributed by atoms with E-state index in [1.54, 1.807) is 10.6 Å². The topological polar surface area (TPSA) is 18.5 Å². The minimum atomic E-state index is -1.26. The molecule has 0 amide bonds. The fourth-order valence-corrected chi connectivity index (χ4v) is 17.9. The van der Waals surface area contributed by atoms with Gasteiger partial charge in [-0.25, -0.2) is 0 Å². The van der Waals surface area contributed by atoms with E-state index in [1.807, 2.05) is 0 Å². The Bertz CT molecular complexity index is 959. The van der Waals surface area contributed by atoms with E-state index < -0.39 is 14.5 Å². The number of rotatable bonds is 24. The molecule has 296 valence electrons. The van der Waals surface area contributed by atoms with Crippen LogP contribution in [-0.4, -0.2) is 63.4 Å². The Morgan fingerprint density at radius 3 is 0.923 bits per heavy atom. The molecule has 1 fully saturated rings. The van der Waals surface area contributed by atoms with E-state index in [1.165, 1.54) is 191 Å². The predicted octanol–water partition coefficient (Wildman–Crippen LogP) is 14.1. The van der Waals surface area contributed by atoms with Crippen molar-refractivity contribution in [2.24, 2.45) is 0 Å². The Hall–Kier alpha value is -0.780. The second-order valence-corrected chi connectivity index (χ2v) is 24.6. The van der Waals surface area contributed by atoms with Gasteiger partial charge in [-0.2, -0.15) is 0 Å². The summed E-state index contributed by atoms with van der Waals surface area (Å²) in [7, 11) is -2.52. The second-order valence-electron chi connectivity index (χ2n) is 16.3. The zero-order valence-corrected chi connectivity index (χ0v) is 36.3. The molecule has 0 bridgehead atoms. The number of ether oxygens (including phenoxy) is 2. The minimum absolute atomic E-state index is 0.929. The van der Waals surface area contributed by atoms with E-state index in [0.717, 1.165) is 26.4 Å². The molecule has 1 aliphatic heterocycles. The van der Waals surface area contributed by atoms with Crippen molar-refractivity contribution in [1.29, 1.82) is 0 Å². The largest absolute Gasteiger partial charge is 0.381 e. The van der Waals surface area contributed by atoms with Gasteiger partial charge in [-0.3, -0.25) is 0 Å². The van der Waals surface area contributed by atoms with Crippen molar-refractivity contribution in [3.05, 3.63) is 60.7 Å². The first kappa shape index (κ1) is 45.6. The van der Waals surface area contributed by atoms with E-state index in [0.29, 0.717) is 0 Å². The van der Waals surface area contributed by atoms with E-state index in [2.05, 4.69) is 74.5 Å². The van der Waals surface area contributed by atoms with E-state index >= 15 is 0 Å². The van der Waals surface area contributed by atoms with Crippen molar-refractivity contribution < 1.29 is 9.47 Å². The van der Waals surface area contributed by atoms with Gasteiger partial charge < -0.3 is 9.47 Å². The van der Waals surface area contributed by atoms with Gasteiger partial charge in [0.25, 0.3) is 0 Å². The monoisotopic (exact) mass is 755 g/mol. The average molecular weight is 755 g/mol. The molecule has 4 heteroatoms. The summed E-state index contributed by atoms with van der Waals surface area (Å²) in [6, 6.07) is 23.4. The molecule has 2 aromatic rings. The standard InChI is InChI=1S/C48H84O2P2/c1-3-5-7-9-11-13-15-17-19-27-41-51(47-33-23-21-24-34-47)43-29-37-49-39-31-45-52(48-35-25-22-26-36-48,46-32-40-50-38-30-44-51)42-28-20-18-16-14-12-10-8-6-4-2/h21-26,33-36H,3-20,27-32,37-46H2,1-2H3/q+2. The summed E-state index contributed by atoms with van der Waals surface area (Å²) in [4.78, 5) is 0. The van der Waals surface area contributed by atoms with Gasteiger partial charge in [0.05, 0.1) is 74.0 Å². The first-order valence-electron chi connectivity index (χ1n) is 22.7. The van der Waals surface area contributed by atoms with E-state index in [-0.39, 0.29) is 0 Å². The zero-order valence-electron chi connectivity index (χ0n) is 34.5. The maximum absolute atomic E-state index is 6.51. The van der Waals surface area contributed by atoms with Crippen molar-refractivity contribution in [3.63, 3.8) is 0 Å². The van der Waals surface area contributed by atoms with Gasteiger partial charge in [-0.05, 0) is 49.9 Å². The van der Waals surface area contributed by atoms with Gasteiger partial charge in [0.1, 0.15) is 0 Å². The number of benzene rings is 2. The lowest BCUT2D eigenvalue weighted by atomic mass is 10.1. The summed E-state index contributed by atoms with van der Waals surface area (Å²) in [5.41, 5.74) is 0. The molecule has 0 saturated carbocycles. The number of unbranched alkanes of at least 4 members (excludes halogenated alkanes) is 18. The van der Waals surface area contributed by atoms with Gasteiger partial charge in [-0.1, -0.05) is 153 Å². The van der Waals surface area contributed by atoms with Crippen molar-refractivity contribution in [1.82, 2.24) is 0 Å². The molecule has 2 aromatic carbocycles. The molecule has 1 heterocycles. The minimum Gasteiger partial charge on any atom is -0.381 e. The van der Waals surface area contributed by atoms with Crippen LogP contribution < -0.4 is 10.6 Å². The average Bonchev–Trinajstić information content (AvgIpc) is 3.18. The molecule has 1 saturated heterocycles. The summed E-state index contributed by atoms with van der Waals surface area (Å²) < 4.78 is 13.0. The third-order valence-corrected chi connectivity index (χ3v) is 21.8. The van der Waals surface area contributed by atoms with Gasteiger partial charge in [0.2, 0.25) is 0 Å². The molecule has 0 unspecified atom stereocenters. The highest BCUT2D eigenvalue weighted by atomic mass is 31.2. The summed E-state index contributed by atoms with van der Waals surface area (Å²) in [6.45, 7) is 8.34. The van der Waals surface area contributed by atoms with Crippen molar-refractivity contribution in [3.8, 4) is 0 Å². The molecule has 0 aliphatic carbocycles. The lowest BCUT2D eigenvalue weighted by Crippen LogP contribution is -2.24. The molecule has 0 aromatic heterocycles. The first-order valence-corrected chi connectivity index (χ1v) is 27.4. The Balaban J connectivity index is 1.54. The molecule has 0 N–H and O–H groups in total. The van der Waals surface area contributed by atoms with Crippen molar-refractivity contribution in [2.45, 2.75) is 168 Å². The molecule has 2 nitrogen and oxygen atoms in total. The molecule has 0 atom stereocenters. The van der Waals surface area contributed by atoms with E-state index in [4.69, 9.17) is 9.47 Å². The summed E-state index contributed by atoms with van der Waals surface area (Å²) in [6.07, 6.45) is 41.3. The molecule has 3 rings (SSSR count). The maximum Gasteiger partial charge on any atom is 0.0939 e. The Kier molecular flexibility index (Phi) is 26.7. The van der Waals surface area contributed by atoms with Gasteiger partial charge in [-0.15, -0.1) is 0 Å². The first-order chi connectivity index (χ1) is 25.7. The molecule has 0 radical (unpaired) electrons. The van der Waals surface area contributed by atoms with Crippen LogP contribution in [0.15, 0.2) is 60.7 Å². The number of hydrogen-bond acceptors (Lipinski definition) is 2. The lowest BCUT2D eigenvalue weighted by molar-refractivity contribution is 0.134. The Morgan fingerprint density at radius 1 is 0.365 bits per heavy atom. The summed E-state index contributed by atoms with van der Waals surface area (Å²) >= 11 is 0. The highest BCUT2D eigenvalue weighted by Crippen LogP contribution is 2.60. The molecular weight excluding hydrogens is 670 g/mol. The highest BCUT2D eigenvalue weighted by Gasteiger charge is 2.40. The molecule has 0 spiro atoms. The third kappa shape index (κ3) is 19.2. The second kappa shape index (κ2) is 30.4. The van der Waals surface area contributed by atoms with Crippen LogP contribution in [0.5, 0.6) is 0 Å². The third-order valence-electron chi connectivity index (χ3n) is 12.0. The molecule has 1 aliphatic rings. The van der Waals surface area contributed by atoms with Crippen molar-refractivity contribution in [2.75, 3.05) is 63.4 Å². The van der Waals surface area contributed by atoms with Crippen LogP contribution in [0.3, 0.4) is 0 Å². The van der Waals surface area contributed by atoms with Gasteiger partial charge >= 0.3 is 0 Å². The SMILES string of the molecule is CCCCCCCCCCCC[P+]1(c2ccccc2)CCCOCCC[P+](CCCCCCCCCCCC)(c2ccccc2)CCCOCCC1. The Labute approximate surface area is 325 Å². The van der Waals surface area contributed by atoms with Gasteiger partial charge in [0, 0.05) is 40.2 Å². The van der Waals surface area contributed by atoms with Crippen LogP contribution in [0, 0.1) is 0 Å². The van der Waals surface area contributed by atoms with E-state index in [9.17, 15) is 0 Å². The van der Waals surface area contributed by atoms with Crippen LogP contribution >= 0.6 is 14.5 Å². The fourth-order valence-electron chi connectivity index (χ4n) is 8.82. The highest BCUT2D eigenvalue weighted by molar-refractivity contribution is 7.83. The lowest BCUT2D eigenvalue weighted by Gasteiger charge is -2.29. The van der Waals surface area contributed by atoms with Crippen molar-refractivity contribution >= 4 is 25.1 Å². The normalized spacial score (nSPS) is 21.3. The Morgan fingerprint density at radius 2 is 0.635 bits per heavy atom. The van der Waals surface area contributed by atoms with Crippen LogP contribution in [0.4, 0.5) is 0 Å². The fraction of sp³-hybridized carbons (Fsp3) is 0.750. The van der Waals surface area contributed by atoms with Gasteiger partial charge in [0.15, 0.2) is 0 Å². The van der Waals surface area contributed by atoms with Crippen LogP contribution in [0.1, 0.15) is 168 Å². The van der Waals surface area contributed by atoms with Crippen LogP contribution in [0.2, 0.25) is 0 Å². The summed E-state index contributed by atoms with van der Waals surface area (Å²) in [5.74, 6) is 0. The quantitative estimate of drug-likeness (QED) is 0.0785. The maximum atomic E-state index is 6.51. The number of hydrogen-bond donors (Lipinski definition) is 0. The smallest absolute Gasteiger partial charge is 0.0939 e. The zero-order chi connectivity index (χ0) is 36.7.